The fourth-order valence-electron chi connectivity index (χ4n) is 3.21. The molecule has 0 fully saturated rings. The third kappa shape index (κ3) is 3.48. The summed E-state index contributed by atoms with van der Waals surface area (Å²) in [6.45, 7) is 0. The first-order valence-corrected chi connectivity index (χ1v) is 8.11. The van der Waals surface area contributed by atoms with Gasteiger partial charge < -0.3 is 10.4 Å². The lowest BCUT2D eigenvalue weighted by molar-refractivity contribution is -0.142. The fraction of sp³-hybridized carbons (Fsp3) is 0.389. The Bertz CT molecular complexity index is 739. The van der Waals surface area contributed by atoms with E-state index in [0.29, 0.717) is 6.42 Å². The van der Waals surface area contributed by atoms with Crippen molar-refractivity contribution in [3.63, 3.8) is 0 Å². The Morgan fingerprint density at radius 2 is 2.12 bits per heavy atom. The van der Waals surface area contributed by atoms with Gasteiger partial charge in [-0.1, -0.05) is 30.3 Å². The van der Waals surface area contributed by atoms with Crippen LogP contribution in [-0.4, -0.2) is 32.8 Å². The average Bonchev–Trinajstić information content (AvgIpc) is 2.95. The molecule has 2 aromatic rings. The maximum Gasteiger partial charge on any atom is 0.326 e. The van der Waals surface area contributed by atoms with Crippen molar-refractivity contribution in [3.05, 3.63) is 53.3 Å². The van der Waals surface area contributed by atoms with E-state index in [1.54, 1.807) is 4.68 Å². The number of amides is 1. The molecular weight excluding hydrogens is 306 g/mol. The summed E-state index contributed by atoms with van der Waals surface area (Å²) in [4.78, 5) is 24.0. The predicted octanol–water partition coefficient (Wildman–Crippen LogP) is 1.34. The van der Waals surface area contributed by atoms with E-state index in [-0.39, 0.29) is 18.2 Å². The summed E-state index contributed by atoms with van der Waals surface area (Å²) in [6.07, 6.45) is 4.26. The van der Waals surface area contributed by atoms with Crippen LogP contribution in [-0.2, 0) is 35.9 Å². The van der Waals surface area contributed by atoms with Crippen LogP contribution in [0, 0.1) is 5.92 Å². The lowest BCUT2D eigenvalue weighted by Gasteiger charge is -2.24. The number of aryl methyl sites for hydroxylation is 2. The van der Waals surface area contributed by atoms with Crippen LogP contribution in [0.5, 0.6) is 0 Å². The van der Waals surface area contributed by atoms with Crippen molar-refractivity contribution in [1.82, 2.24) is 15.1 Å². The summed E-state index contributed by atoms with van der Waals surface area (Å²) in [5.41, 5.74) is 3.14. The molecule has 1 aliphatic carbocycles. The van der Waals surface area contributed by atoms with E-state index in [0.717, 1.165) is 24.1 Å². The van der Waals surface area contributed by atoms with Crippen molar-refractivity contribution in [2.24, 2.45) is 13.0 Å². The number of aliphatic carboxylic acids is 1. The van der Waals surface area contributed by atoms with Crippen molar-refractivity contribution in [3.8, 4) is 0 Å². The number of nitrogens with one attached hydrogen (secondary N) is 1. The molecular formula is C18H21N3O3. The maximum atomic E-state index is 12.5. The number of carbonyl (C=O) groups excluding carboxylic acids is 1. The van der Waals surface area contributed by atoms with E-state index in [9.17, 15) is 14.7 Å². The minimum Gasteiger partial charge on any atom is -0.480 e. The number of rotatable bonds is 5. The molecule has 1 aliphatic rings. The monoisotopic (exact) mass is 327 g/mol. The van der Waals surface area contributed by atoms with E-state index in [4.69, 9.17) is 0 Å². The summed E-state index contributed by atoms with van der Waals surface area (Å²) in [5.74, 6) is -1.40. The van der Waals surface area contributed by atoms with Crippen molar-refractivity contribution < 1.29 is 14.7 Å². The van der Waals surface area contributed by atoms with Gasteiger partial charge in [0.15, 0.2) is 0 Å². The van der Waals surface area contributed by atoms with E-state index in [2.05, 4.69) is 10.4 Å². The number of carboxylic acid groups (broad SMARTS) is 1. The highest BCUT2D eigenvalue weighted by Gasteiger charge is 2.30. The number of hydrogen-bond acceptors (Lipinski definition) is 3. The van der Waals surface area contributed by atoms with E-state index in [1.165, 1.54) is 5.56 Å². The molecule has 2 atom stereocenters. The van der Waals surface area contributed by atoms with Crippen LogP contribution in [0.15, 0.2) is 36.5 Å². The van der Waals surface area contributed by atoms with Crippen molar-refractivity contribution in [1.29, 1.82) is 0 Å². The van der Waals surface area contributed by atoms with Crippen LogP contribution in [0.2, 0.25) is 0 Å². The quantitative estimate of drug-likeness (QED) is 0.868. The molecule has 1 aromatic heterocycles. The van der Waals surface area contributed by atoms with E-state index in [1.807, 2.05) is 43.6 Å². The van der Waals surface area contributed by atoms with Gasteiger partial charge in [0.2, 0.25) is 5.91 Å². The Kier molecular flexibility index (Phi) is 4.64. The van der Waals surface area contributed by atoms with Gasteiger partial charge in [-0.25, -0.2) is 4.79 Å². The summed E-state index contributed by atoms with van der Waals surface area (Å²) >= 11 is 0. The highest BCUT2D eigenvalue weighted by atomic mass is 16.4. The molecule has 24 heavy (non-hydrogen) atoms. The fourth-order valence-corrected chi connectivity index (χ4v) is 3.21. The Morgan fingerprint density at radius 1 is 1.38 bits per heavy atom. The Balaban J connectivity index is 1.66. The first kappa shape index (κ1) is 16.2. The molecule has 1 unspecified atom stereocenters. The first-order chi connectivity index (χ1) is 11.5. The molecule has 0 radical (unpaired) electrons. The lowest BCUT2D eigenvalue weighted by atomic mass is 9.87. The second-order valence-corrected chi connectivity index (χ2v) is 6.27. The molecule has 2 N–H and O–H groups in total. The van der Waals surface area contributed by atoms with Crippen molar-refractivity contribution in [2.75, 3.05) is 0 Å². The van der Waals surface area contributed by atoms with Crippen LogP contribution in [0.3, 0.4) is 0 Å². The van der Waals surface area contributed by atoms with E-state index < -0.39 is 12.0 Å². The highest BCUT2D eigenvalue weighted by Crippen LogP contribution is 2.25. The zero-order chi connectivity index (χ0) is 17.1. The number of aromatic nitrogens is 2. The van der Waals surface area contributed by atoms with Gasteiger partial charge in [-0.05, 0) is 24.0 Å². The zero-order valence-corrected chi connectivity index (χ0v) is 13.6. The van der Waals surface area contributed by atoms with E-state index >= 15 is 0 Å². The number of nitrogens with zero attached hydrogens (tertiary/aromatic N) is 2. The number of benzene rings is 1. The van der Waals surface area contributed by atoms with Crippen molar-refractivity contribution in [2.45, 2.75) is 31.7 Å². The van der Waals surface area contributed by atoms with Crippen LogP contribution in [0.4, 0.5) is 0 Å². The summed E-state index contributed by atoms with van der Waals surface area (Å²) in [5, 5.41) is 16.4. The van der Waals surface area contributed by atoms with Crippen LogP contribution >= 0.6 is 0 Å². The summed E-state index contributed by atoms with van der Waals surface area (Å²) < 4.78 is 1.80. The zero-order valence-electron chi connectivity index (χ0n) is 13.6. The third-order valence-electron chi connectivity index (χ3n) is 4.62. The summed E-state index contributed by atoms with van der Waals surface area (Å²) in [7, 11) is 1.87. The molecule has 0 saturated heterocycles. The summed E-state index contributed by atoms with van der Waals surface area (Å²) in [6, 6.07) is 8.43. The molecule has 6 heteroatoms. The average molecular weight is 327 g/mol. The topological polar surface area (TPSA) is 84.2 Å². The lowest BCUT2D eigenvalue weighted by Crippen LogP contribution is -2.46. The molecule has 0 aliphatic heterocycles. The minimum absolute atomic E-state index is 0.190. The van der Waals surface area contributed by atoms with Gasteiger partial charge in [-0.2, -0.15) is 5.10 Å². The first-order valence-electron chi connectivity index (χ1n) is 8.11. The largest absolute Gasteiger partial charge is 0.480 e. The molecule has 3 rings (SSSR count). The number of carboxylic acids is 1. The molecule has 0 spiro atoms. The van der Waals surface area contributed by atoms with Gasteiger partial charge in [0, 0.05) is 31.5 Å². The van der Waals surface area contributed by atoms with Gasteiger partial charge in [-0.3, -0.25) is 9.48 Å². The number of hydrogen-bond donors (Lipinski definition) is 2. The normalized spacial score (nSPS) is 17.8. The standard InChI is InChI=1S/C18H21N3O3/c1-21-16-10-13(7-8-14(16)11-19-21)17(22)20-15(18(23)24)9-12-5-3-2-4-6-12/h2-6,11,13,15H,7-10H2,1H3,(H,20,22)(H,23,24)/t13?,15-/m1/s1. The molecule has 1 heterocycles. The van der Waals surface area contributed by atoms with Crippen LogP contribution < -0.4 is 5.32 Å². The SMILES string of the molecule is Cn1ncc2c1CC(C(=O)N[C@H](Cc1ccccc1)C(=O)O)CC2. The van der Waals surface area contributed by atoms with Crippen molar-refractivity contribution >= 4 is 11.9 Å². The van der Waals surface area contributed by atoms with Gasteiger partial charge in [0.25, 0.3) is 0 Å². The number of carbonyl (C=O) groups is 2. The second kappa shape index (κ2) is 6.86. The molecule has 126 valence electrons. The molecule has 1 amide bonds. The number of fused-ring (bicyclic) bond motifs is 1. The molecule has 6 nitrogen and oxygen atoms in total. The minimum atomic E-state index is -1.01. The van der Waals surface area contributed by atoms with Crippen LogP contribution in [0.1, 0.15) is 23.2 Å². The predicted molar refractivity (Wildman–Crippen MR) is 88.4 cm³/mol. The molecule has 1 aromatic carbocycles. The Labute approximate surface area is 140 Å². The van der Waals surface area contributed by atoms with Gasteiger partial charge in [-0.15, -0.1) is 0 Å². The third-order valence-corrected chi connectivity index (χ3v) is 4.62. The van der Waals surface area contributed by atoms with Gasteiger partial charge in [0.05, 0.1) is 6.20 Å². The van der Waals surface area contributed by atoms with Crippen LogP contribution in [0.25, 0.3) is 0 Å². The van der Waals surface area contributed by atoms with Gasteiger partial charge in [0.1, 0.15) is 6.04 Å². The molecule has 0 saturated carbocycles. The molecule has 0 bridgehead atoms. The smallest absolute Gasteiger partial charge is 0.326 e. The Morgan fingerprint density at radius 3 is 2.83 bits per heavy atom. The maximum absolute atomic E-state index is 12.5. The highest BCUT2D eigenvalue weighted by molar-refractivity contribution is 5.85. The van der Waals surface area contributed by atoms with Gasteiger partial charge >= 0.3 is 5.97 Å². The Hall–Kier alpha value is -2.63. The second-order valence-electron chi connectivity index (χ2n) is 6.27.